The van der Waals surface area contributed by atoms with Gasteiger partial charge in [0, 0.05) is 11.9 Å². The lowest BCUT2D eigenvalue weighted by atomic mass is 9.72. The predicted octanol–water partition coefficient (Wildman–Crippen LogP) is 2.36. The van der Waals surface area contributed by atoms with Crippen LogP contribution in [0.5, 0.6) is 0 Å². The van der Waals surface area contributed by atoms with Gasteiger partial charge in [0.1, 0.15) is 7.85 Å². The molecule has 2 aliphatic heterocycles. The van der Waals surface area contributed by atoms with Gasteiger partial charge in [0.05, 0.1) is 17.8 Å². The third kappa shape index (κ3) is 1.63. The first-order valence-corrected chi connectivity index (χ1v) is 6.47. The molecule has 0 unspecified atom stereocenters. The maximum atomic E-state index is 6.10. The molecule has 0 N–H and O–H groups in total. The molecule has 2 bridgehead atoms. The summed E-state index contributed by atoms with van der Waals surface area (Å²) < 4.78 is 12.1. The highest BCUT2D eigenvalue weighted by Gasteiger charge is 2.63. The molecule has 90 valence electrons. The van der Waals surface area contributed by atoms with E-state index in [9.17, 15) is 0 Å². The van der Waals surface area contributed by atoms with Crippen LogP contribution >= 0.6 is 0 Å². The quantitative estimate of drug-likeness (QED) is 0.682. The molecule has 2 nitrogen and oxygen atoms in total. The van der Waals surface area contributed by atoms with Crippen LogP contribution in [0.1, 0.15) is 41.0 Å². The first-order valence-electron chi connectivity index (χ1n) is 6.47. The van der Waals surface area contributed by atoms with E-state index < -0.39 is 0 Å². The van der Waals surface area contributed by atoms with E-state index >= 15 is 0 Å². The molecule has 0 amide bonds. The molecule has 0 aromatic rings. The zero-order valence-electron chi connectivity index (χ0n) is 11.1. The highest BCUT2D eigenvalue weighted by atomic mass is 16.6. The lowest BCUT2D eigenvalue weighted by Gasteiger charge is -2.38. The van der Waals surface area contributed by atoms with Crippen LogP contribution in [0, 0.1) is 17.8 Å². The number of rotatable bonds is 3. The molecule has 2 rings (SSSR count). The SMILES string of the molecule is [B][C@@H]1O[C@@]2(CC(C)C)[C@H](C(C)C)[C@@H]1O[C@@H]2C. The van der Waals surface area contributed by atoms with Crippen LogP contribution in [-0.4, -0.2) is 31.7 Å². The Labute approximate surface area is 100 Å². The summed E-state index contributed by atoms with van der Waals surface area (Å²) in [5.41, 5.74) is -0.146. The van der Waals surface area contributed by atoms with Crippen LogP contribution in [0.4, 0.5) is 0 Å². The standard InChI is InChI=1S/C13H23BO2/c1-7(2)6-13-9(5)15-11(12(14)16-13)10(13)8(3)4/h7-12H,6H2,1-5H3/t9-,10-,11+,12-,13-/m1/s1. The molecule has 0 aromatic heterocycles. The maximum absolute atomic E-state index is 6.10. The van der Waals surface area contributed by atoms with E-state index in [1.165, 1.54) is 0 Å². The first kappa shape index (κ1) is 12.4. The van der Waals surface area contributed by atoms with Crippen LogP contribution in [0.25, 0.3) is 0 Å². The molecule has 0 aromatic carbocycles. The van der Waals surface area contributed by atoms with Gasteiger partial charge >= 0.3 is 0 Å². The van der Waals surface area contributed by atoms with Crippen LogP contribution in [0.3, 0.4) is 0 Å². The Morgan fingerprint density at radius 3 is 2.38 bits per heavy atom. The highest BCUT2D eigenvalue weighted by molar-refractivity contribution is 6.11. The fourth-order valence-corrected chi connectivity index (χ4v) is 3.69. The van der Waals surface area contributed by atoms with E-state index in [-0.39, 0.29) is 23.8 Å². The van der Waals surface area contributed by atoms with Crippen molar-refractivity contribution < 1.29 is 9.47 Å². The van der Waals surface area contributed by atoms with Crippen molar-refractivity contribution in [3.05, 3.63) is 0 Å². The lowest BCUT2D eigenvalue weighted by Crippen LogP contribution is -2.47. The lowest BCUT2D eigenvalue weighted by molar-refractivity contribution is -0.162. The normalized spacial score (nSPS) is 47.2. The van der Waals surface area contributed by atoms with Gasteiger partial charge in [-0.25, -0.2) is 0 Å². The Morgan fingerprint density at radius 1 is 1.25 bits per heavy atom. The molecule has 2 heterocycles. The van der Waals surface area contributed by atoms with Crippen molar-refractivity contribution >= 4 is 7.85 Å². The zero-order valence-corrected chi connectivity index (χ0v) is 11.1. The average Bonchev–Trinajstić information content (AvgIpc) is 2.51. The van der Waals surface area contributed by atoms with Gasteiger partial charge in [0.25, 0.3) is 0 Å². The molecule has 2 aliphatic rings. The predicted molar refractivity (Wildman–Crippen MR) is 65.5 cm³/mol. The van der Waals surface area contributed by atoms with Gasteiger partial charge in [-0.05, 0) is 25.2 Å². The molecule has 0 saturated carbocycles. The molecule has 0 aliphatic carbocycles. The van der Waals surface area contributed by atoms with Crippen molar-refractivity contribution in [2.45, 2.75) is 64.9 Å². The molecule has 16 heavy (non-hydrogen) atoms. The number of fused-ring (bicyclic) bond motifs is 2. The average molecular weight is 222 g/mol. The topological polar surface area (TPSA) is 18.5 Å². The van der Waals surface area contributed by atoms with Crippen LogP contribution in [0.15, 0.2) is 0 Å². The number of hydrogen-bond acceptors (Lipinski definition) is 2. The van der Waals surface area contributed by atoms with E-state index in [2.05, 4.69) is 34.6 Å². The van der Waals surface area contributed by atoms with Crippen LogP contribution in [0.2, 0.25) is 0 Å². The summed E-state index contributed by atoms with van der Waals surface area (Å²) in [5.74, 6) is 1.61. The van der Waals surface area contributed by atoms with E-state index in [0.29, 0.717) is 17.8 Å². The second-order valence-corrected chi connectivity index (χ2v) is 6.15. The summed E-state index contributed by atoms with van der Waals surface area (Å²) in [7, 11) is 6.02. The Balaban J connectivity index is 2.30. The molecule has 3 heteroatoms. The van der Waals surface area contributed by atoms with E-state index in [4.69, 9.17) is 17.3 Å². The maximum Gasteiger partial charge on any atom is 0.112 e. The van der Waals surface area contributed by atoms with Crippen molar-refractivity contribution in [1.82, 2.24) is 0 Å². The van der Waals surface area contributed by atoms with Crippen molar-refractivity contribution in [3.8, 4) is 0 Å². The molecule has 5 atom stereocenters. The Morgan fingerprint density at radius 2 is 1.88 bits per heavy atom. The van der Waals surface area contributed by atoms with E-state index in [0.717, 1.165) is 6.42 Å². The monoisotopic (exact) mass is 222 g/mol. The van der Waals surface area contributed by atoms with Crippen LogP contribution in [-0.2, 0) is 9.47 Å². The fraction of sp³-hybridized carbons (Fsp3) is 1.00. The third-order valence-electron chi connectivity index (χ3n) is 4.09. The Kier molecular flexibility index (Phi) is 3.13. The summed E-state index contributed by atoms with van der Waals surface area (Å²) in [6, 6.07) is -0.234. The van der Waals surface area contributed by atoms with Gasteiger partial charge in [-0.2, -0.15) is 0 Å². The second-order valence-electron chi connectivity index (χ2n) is 6.15. The fourth-order valence-electron chi connectivity index (χ4n) is 3.69. The molecular formula is C13H23BO2. The molecule has 0 spiro atoms. The minimum Gasteiger partial charge on any atom is -0.376 e. The van der Waals surface area contributed by atoms with Gasteiger partial charge in [-0.15, -0.1) is 0 Å². The first-order chi connectivity index (χ1) is 7.38. The zero-order chi connectivity index (χ0) is 12.1. The van der Waals surface area contributed by atoms with Crippen LogP contribution < -0.4 is 0 Å². The van der Waals surface area contributed by atoms with Gasteiger partial charge < -0.3 is 9.47 Å². The highest BCUT2D eigenvalue weighted by Crippen LogP contribution is 2.53. The number of ether oxygens (including phenoxy) is 2. The summed E-state index contributed by atoms with van der Waals surface area (Å²) in [6.07, 6.45) is 1.31. The Hall–Kier alpha value is -0.0151. The van der Waals surface area contributed by atoms with Gasteiger partial charge in [0.15, 0.2) is 0 Å². The third-order valence-corrected chi connectivity index (χ3v) is 4.09. The summed E-state index contributed by atoms with van der Waals surface area (Å²) >= 11 is 0. The Bertz CT molecular complexity index is 267. The van der Waals surface area contributed by atoms with Gasteiger partial charge in [0.2, 0.25) is 0 Å². The smallest absolute Gasteiger partial charge is 0.112 e. The van der Waals surface area contributed by atoms with E-state index in [1.54, 1.807) is 0 Å². The summed E-state index contributed by atoms with van der Waals surface area (Å²) in [6.45, 7) is 11.1. The molecular weight excluding hydrogens is 199 g/mol. The van der Waals surface area contributed by atoms with Crippen molar-refractivity contribution in [2.75, 3.05) is 0 Å². The van der Waals surface area contributed by atoms with Crippen molar-refractivity contribution in [3.63, 3.8) is 0 Å². The van der Waals surface area contributed by atoms with E-state index in [1.807, 2.05) is 0 Å². The summed E-state index contributed by atoms with van der Waals surface area (Å²) in [5, 5.41) is 0. The summed E-state index contributed by atoms with van der Waals surface area (Å²) in [4.78, 5) is 0. The van der Waals surface area contributed by atoms with Crippen molar-refractivity contribution in [1.29, 1.82) is 0 Å². The molecule has 2 radical (unpaired) electrons. The second kappa shape index (κ2) is 4.02. The molecule has 2 saturated heterocycles. The minimum absolute atomic E-state index is 0.0914. The largest absolute Gasteiger partial charge is 0.376 e. The van der Waals surface area contributed by atoms with Gasteiger partial charge in [-0.3, -0.25) is 0 Å². The van der Waals surface area contributed by atoms with Crippen molar-refractivity contribution in [2.24, 2.45) is 17.8 Å². The van der Waals surface area contributed by atoms with Gasteiger partial charge in [-0.1, -0.05) is 27.7 Å². The molecule has 2 fully saturated rings. The number of hydrogen-bond donors (Lipinski definition) is 0. The minimum atomic E-state index is -0.234.